The lowest BCUT2D eigenvalue weighted by molar-refractivity contribution is -0.142. The largest absolute Gasteiger partial charge is 0.481 e. The Bertz CT molecular complexity index is 4190. The number of hydrogen-bond acceptors (Lipinski definition) is 31. The number of primary amides is 4. The van der Waals surface area contributed by atoms with E-state index >= 15 is 0 Å². The van der Waals surface area contributed by atoms with Gasteiger partial charge in [-0.2, -0.15) is 58.9 Å². The van der Waals surface area contributed by atoms with E-state index in [0.29, 0.717) is 5.69 Å². The summed E-state index contributed by atoms with van der Waals surface area (Å²) in [4.78, 5) is 285. The third-order valence-electron chi connectivity index (χ3n) is 17.0. The second-order valence-electron chi connectivity index (χ2n) is 26.5. The van der Waals surface area contributed by atoms with Crippen molar-refractivity contribution in [2.75, 3.05) is 49.3 Å². The monoisotopic (exact) mass is 1790 g/mol. The molecule has 0 radical (unpaired) electrons. The highest BCUT2D eigenvalue weighted by atomic mass is 32.3. The SMILES string of the molecule is C[C@H](NC(=O)[C@H](C)NC(=O)[C@H](CS)NC(=O)[C@H](C)NC(=O)[C@H]1CCCN1C(=O)[C@H](Cc1cnc[nH]1)NC(=O)[C@H](CO)NC(=O)[C@H](CS)NC(=O)[C@H](CS)NC(=O)CNC(=O)CN)C(=O)N[C@@H](CC(N)=O)C(=O)N[C@@H](CC(N)=O)C(=O)N[C@@H](CCC(N)=O)C(=O)N[C@@H](CC(=O)O)C(=O)N[C@@H](Cc1ccc(OS(=O)(=O)O)cc1)C(=O)N[C@@H](CS)C(N)=O. The molecule has 29 N–H and O–H groups in total. The number of likely N-dealkylation sites (tertiary alicyclic amines) is 1. The molecule has 20 amide bonds. The van der Waals surface area contributed by atoms with E-state index in [-0.39, 0.29) is 48.6 Å². The number of rotatable bonds is 52. The Kier molecular flexibility index (Phi) is 43.0. The van der Waals surface area contributed by atoms with Gasteiger partial charge in [0.2, 0.25) is 118 Å². The molecule has 0 bridgehead atoms. The number of carbonyl (C=O) groups excluding carboxylic acids is 20. The molecule has 0 aliphatic carbocycles. The highest BCUT2D eigenvalue weighted by molar-refractivity contribution is 7.81. The molecule has 1 saturated heterocycles. The van der Waals surface area contributed by atoms with Crippen molar-refractivity contribution in [1.29, 1.82) is 0 Å². The van der Waals surface area contributed by atoms with Crippen LogP contribution in [0.5, 0.6) is 5.75 Å². The van der Waals surface area contributed by atoms with Crippen molar-refractivity contribution in [2.24, 2.45) is 28.7 Å². The molecule has 1 fully saturated rings. The first-order valence-electron chi connectivity index (χ1n) is 35.9. The van der Waals surface area contributed by atoms with Gasteiger partial charge in [0, 0.05) is 60.7 Å². The summed E-state index contributed by atoms with van der Waals surface area (Å²) < 4.78 is 35.9. The molecule has 0 saturated carbocycles. The number of aromatic amines is 1. The summed E-state index contributed by atoms with van der Waals surface area (Å²) in [5, 5.41) is 53.9. The van der Waals surface area contributed by atoms with Gasteiger partial charge in [-0.25, -0.2) is 4.98 Å². The number of amides is 20. The number of nitrogens with zero attached hydrogens (tertiary/aromatic N) is 2. The van der Waals surface area contributed by atoms with Gasteiger partial charge >= 0.3 is 16.4 Å². The van der Waals surface area contributed by atoms with Crippen molar-refractivity contribution < 1.29 is 128 Å². The van der Waals surface area contributed by atoms with Crippen LogP contribution in [0.3, 0.4) is 0 Å². The van der Waals surface area contributed by atoms with Crippen molar-refractivity contribution in [3.05, 3.63) is 48.0 Å². The van der Waals surface area contributed by atoms with Crippen molar-refractivity contribution in [3.63, 3.8) is 0 Å². The number of carboxylic acids is 1. The molecule has 0 spiro atoms. The highest BCUT2D eigenvalue weighted by Gasteiger charge is 2.42. The quantitative estimate of drug-likeness (QED) is 0.0216. The fourth-order valence-corrected chi connectivity index (χ4v) is 12.1. The number of nitrogens with one attached hydrogen (secondary N) is 16. The van der Waals surface area contributed by atoms with Gasteiger partial charge in [0.1, 0.15) is 96.4 Å². The molecular formula is C65H97N23O27S5. The van der Waals surface area contributed by atoms with E-state index < -0.39 is 295 Å². The zero-order valence-corrected chi connectivity index (χ0v) is 68.7. The lowest BCUT2D eigenvalue weighted by Gasteiger charge is -2.30. The number of imidazole rings is 1. The van der Waals surface area contributed by atoms with Gasteiger partial charge < -0.3 is 133 Å². The van der Waals surface area contributed by atoms with Crippen molar-refractivity contribution in [2.45, 2.75) is 169 Å². The number of aliphatic hydroxyl groups excluding tert-OH is 1. The maximum atomic E-state index is 14.4. The molecule has 0 unspecified atom stereocenters. The minimum atomic E-state index is -4.99. The second kappa shape index (κ2) is 50.3. The minimum absolute atomic E-state index is 0.0348. The molecule has 2 aromatic rings. The number of H-pyrrole nitrogens is 1. The van der Waals surface area contributed by atoms with E-state index in [4.69, 9.17) is 33.2 Å². The van der Waals surface area contributed by atoms with Gasteiger partial charge in [0.05, 0.1) is 45.3 Å². The van der Waals surface area contributed by atoms with Crippen LogP contribution < -0.4 is 113 Å². The summed E-state index contributed by atoms with van der Waals surface area (Å²) in [7, 11) is -4.99. The zero-order valence-electron chi connectivity index (χ0n) is 64.3. The van der Waals surface area contributed by atoms with Crippen LogP contribution in [0.2, 0.25) is 0 Å². The molecule has 15 atom stereocenters. The van der Waals surface area contributed by atoms with Crippen molar-refractivity contribution >= 4 is 185 Å². The average molecular weight is 1790 g/mol. The van der Waals surface area contributed by atoms with E-state index in [1.807, 2.05) is 0 Å². The van der Waals surface area contributed by atoms with Gasteiger partial charge in [0.25, 0.3) is 0 Å². The molecule has 50 nitrogen and oxygen atoms in total. The Morgan fingerprint density at radius 1 is 0.508 bits per heavy atom. The van der Waals surface area contributed by atoms with E-state index in [0.717, 1.165) is 30.9 Å². The first kappa shape index (κ1) is 103. The van der Waals surface area contributed by atoms with Gasteiger partial charge in [-0.15, -0.1) is 0 Å². The number of hydrogen-bond donors (Lipinski definition) is 28. The maximum Gasteiger partial charge on any atom is 0.446 e. The number of nitrogens with two attached hydrogens (primary N) is 5. The van der Waals surface area contributed by atoms with Crippen molar-refractivity contribution in [3.8, 4) is 5.75 Å². The summed E-state index contributed by atoms with van der Waals surface area (Å²) in [6, 6.07) is -20.9. The molecule has 3 rings (SSSR count). The molecule has 1 aliphatic heterocycles. The normalized spacial score (nSPS) is 15.8. The lowest BCUT2D eigenvalue weighted by Crippen LogP contribution is -2.61. The van der Waals surface area contributed by atoms with Crippen molar-refractivity contribution in [1.82, 2.24) is 94.6 Å². The summed E-state index contributed by atoms with van der Waals surface area (Å²) >= 11 is 16.3. The van der Waals surface area contributed by atoms with E-state index in [2.05, 4.69) is 144 Å². The summed E-state index contributed by atoms with van der Waals surface area (Å²) in [5.74, 6) is -26.0. The Hall–Kier alpha value is -11.7. The van der Waals surface area contributed by atoms with Crippen LogP contribution in [0.4, 0.5) is 0 Å². The number of aliphatic carboxylic acids is 1. The number of benzene rings is 1. The number of carboxylic acid groups (broad SMARTS) is 1. The maximum absolute atomic E-state index is 14.4. The van der Waals surface area contributed by atoms with E-state index in [9.17, 15) is 119 Å². The van der Waals surface area contributed by atoms with Crippen LogP contribution in [0.1, 0.15) is 77.0 Å². The first-order valence-corrected chi connectivity index (χ1v) is 39.8. The third kappa shape index (κ3) is 35.5. The Morgan fingerprint density at radius 3 is 1.39 bits per heavy atom. The molecule has 55 heteroatoms. The predicted octanol–water partition coefficient (Wildman–Crippen LogP) is -14.0. The summed E-state index contributed by atoms with van der Waals surface area (Å²) in [6.07, 6.45) is -2.89. The first-order chi connectivity index (χ1) is 56.3. The molecule has 1 aromatic carbocycles. The smallest absolute Gasteiger partial charge is 0.446 e. The number of aliphatic hydroxyl groups is 1. The fourth-order valence-electron chi connectivity index (χ4n) is 10.7. The van der Waals surface area contributed by atoms with Crippen LogP contribution in [0, 0.1) is 0 Å². The topological polar surface area (TPSA) is 805 Å². The minimum Gasteiger partial charge on any atom is -0.481 e. The Labute approximate surface area is 705 Å². The third-order valence-corrected chi connectivity index (χ3v) is 18.9. The van der Waals surface area contributed by atoms with Gasteiger partial charge in [-0.05, 0) is 57.7 Å². The molecule has 120 heavy (non-hydrogen) atoms. The van der Waals surface area contributed by atoms with Gasteiger partial charge in [-0.1, -0.05) is 12.1 Å². The van der Waals surface area contributed by atoms with Crippen LogP contribution in [0.15, 0.2) is 36.8 Å². The predicted molar refractivity (Wildman–Crippen MR) is 425 cm³/mol. The number of carbonyl (C=O) groups is 21. The lowest BCUT2D eigenvalue weighted by atomic mass is 10.0. The summed E-state index contributed by atoms with van der Waals surface area (Å²) in [6.45, 7) is 1.35. The summed E-state index contributed by atoms with van der Waals surface area (Å²) in [5.41, 5.74) is 27.1. The van der Waals surface area contributed by atoms with Crippen LogP contribution >= 0.6 is 50.5 Å². The number of thiol groups is 4. The molecule has 2 heterocycles. The van der Waals surface area contributed by atoms with Crippen LogP contribution in [-0.2, 0) is 124 Å². The Balaban J connectivity index is 1.72. The Morgan fingerprint density at radius 2 is 0.917 bits per heavy atom. The van der Waals surface area contributed by atoms with Gasteiger partial charge in [0.15, 0.2) is 0 Å². The van der Waals surface area contributed by atoms with Crippen LogP contribution in [0.25, 0.3) is 0 Å². The van der Waals surface area contributed by atoms with E-state index in [1.54, 1.807) is 0 Å². The zero-order chi connectivity index (χ0) is 90.6. The van der Waals surface area contributed by atoms with Crippen LogP contribution in [-0.4, -0.2) is 302 Å². The van der Waals surface area contributed by atoms with E-state index in [1.165, 1.54) is 31.6 Å². The molecule has 1 aliphatic rings. The number of aromatic nitrogens is 2. The second-order valence-corrected chi connectivity index (χ2v) is 29.0. The fraction of sp³-hybridized carbons (Fsp3) is 0.538. The highest BCUT2D eigenvalue weighted by Crippen LogP contribution is 2.21. The molecule has 1 aromatic heterocycles. The molecular weight excluding hydrogens is 1700 g/mol. The van der Waals surface area contributed by atoms with Gasteiger partial charge in [-0.3, -0.25) is 105 Å². The standard InChI is InChI=1S/C65H97N23O27S5/c1-27(75-61(107)42(24-118)86-54(100)29(3)76-64(110)44-5-4-12-88(44)65(111)38(14-31-19-71-26-73-31)83-60(106)39(21-89)84-63(109)43(25-119)87-62(108)41(23-117)77-49(94)20-72-48(93)18-66)52(98)74-28(2)53(99)79-35(15-46(68)91)58(104)81-36(16-47(69)92)57(103)78-33(10-11-45(67)90)55(101)82-37(17-50(95)96)59(105)80-34(56(102)85-40(22-116)51(70)97)13-30-6-8-32(9-7-30)115-120(112,113)114/h6-9,19,26-29,33-44,89,116-119H,4-5,10-18,20-25,66H2,1-3H3,(H2,67,90)(H2,68,91)(H2,69,92)(H2,70,97)(H,71,73)(H,72,93)(H,74,98)(H,75,107)(H,76,110)(H,77,94)(H,78,103)(H,79,99)(H,80,105)(H,81,104)(H,82,101)(H,83,106)(H,84,109)(H,85,102)(H,86,100)(H,87,108)(H,95,96)(H,112,113,114)/t27-,28-,29-,33-,34-,35-,36-,37-,38-,39-,40-,41-,42-,43-,44+/m0/s1. The molecule has 664 valence electrons. The average Bonchev–Trinajstić information content (AvgIpc) is 1.63.